The van der Waals surface area contributed by atoms with Gasteiger partial charge in [0.2, 0.25) is 5.88 Å². The van der Waals surface area contributed by atoms with E-state index < -0.39 is 8.32 Å². The quantitative estimate of drug-likeness (QED) is 0.269. The predicted octanol–water partition coefficient (Wildman–Crippen LogP) is 5.58. The van der Waals surface area contributed by atoms with Crippen LogP contribution in [0.3, 0.4) is 0 Å². The van der Waals surface area contributed by atoms with Crippen LogP contribution >= 0.6 is 38.5 Å². The second-order valence-corrected chi connectivity index (χ2v) is 14.1. The molecular weight excluding hydrogens is 487 g/mol. The Labute approximate surface area is 164 Å². The summed E-state index contributed by atoms with van der Waals surface area (Å²) in [5, 5.41) is 5.61. The molecule has 0 aromatic carbocycles. The molecule has 1 aromatic heterocycles. The van der Waals surface area contributed by atoms with E-state index >= 15 is 0 Å². The van der Waals surface area contributed by atoms with Crippen LogP contribution in [0, 0.1) is 3.57 Å². The Hall–Kier alpha value is 0.397. The second-order valence-electron chi connectivity index (χ2n) is 7.74. The minimum Gasteiger partial charge on any atom is -0.473 e. The van der Waals surface area contributed by atoms with Gasteiger partial charge in [0.05, 0.1) is 28.0 Å². The van der Waals surface area contributed by atoms with E-state index in [1.165, 1.54) is 0 Å². The van der Waals surface area contributed by atoms with Gasteiger partial charge in [-0.05, 0) is 61.5 Å². The molecule has 0 bridgehead atoms. The lowest BCUT2D eigenvalue weighted by molar-refractivity contribution is 0.170. The van der Waals surface area contributed by atoms with Crippen molar-refractivity contribution in [2.24, 2.45) is 0 Å². The van der Waals surface area contributed by atoms with Gasteiger partial charge in [0.15, 0.2) is 8.32 Å². The molecule has 0 amide bonds. The molecule has 0 spiro atoms. The maximum absolute atomic E-state index is 6.46. The van der Waals surface area contributed by atoms with E-state index in [1.807, 2.05) is 18.5 Å². The van der Waals surface area contributed by atoms with Crippen molar-refractivity contribution in [1.82, 2.24) is 9.78 Å². The van der Waals surface area contributed by atoms with Crippen molar-refractivity contribution in [2.45, 2.75) is 83.8 Å². The first-order valence-corrected chi connectivity index (χ1v) is 13.2. The normalized spacial score (nSPS) is 14.4. The van der Waals surface area contributed by atoms with Crippen LogP contribution in [0.2, 0.25) is 18.1 Å². The van der Waals surface area contributed by atoms with Crippen LogP contribution in [0.1, 0.15) is 47.2 Å². The average Bonchev–Trinajstić information content (AvgIpc) is 2.62. The first-order valence-electron chi connectivity index (χ1n) is 8.04. The minimum absolute atomic E-state index is 0.121. The molecule has 1 heterocycles. The number of hydrogen-bond acceptors (Lipinski definition) is 3. The molecule has 0 saturated heterocycles. The largest absolute Gasteiger partial charge is 0.473 e. The van der Waals surface area contributed by atoms with Crippen LogP contribution in [-0.2, 0) is 16.3 Å². The fraction of sp³-hybridized carbons (Fsp3) is 0.812. The van der Waals surface area contributed by atoms with Gasteiger partial charge >= 0.3 is 0 Å². The van der Waals surface area contributed by atoms with E-state index in [9.17, 15) is 0 Å². The zero-order chi connectivity index (χ0) is 18.0. The highest BCUT2D eigenvalue weighted by molar-refractivity contribution is 14.1. The van der Waals surface area contributed by atoms with Gasteiger partial charge in [-0.25, -0.2) is 0 Å². The first-order chi connectivity index (χ1) is 10.4. The second kappa shape index (κ2) is 8.18. The van der Waals surface area contributed by atoms with E-state index in [2.05, 4.69) is 84.4 Å². The third kappa shape index (κ3) is 5.71. The van der Waals surface area contributed by atoms with Gasteiger partial charge in [-0.3, -0.25) is 4.68 Å². The van der Waals surface area contributed by atoms with Gasteiger partial charge in [0.1, 0.15) is 0 Å². The molecule has 1 rings (SSSR count). The highest BCUT2D eigenvalue weighted by Crippen LogP contribution is 2.37. The Kier molecular flexibility index (Phi) is 7.63. The molecule has 0 aliphatic rings. The van der Waals surface area contributed by atoms with E-state index in [-0.39, 0.29) is 17.2 Å². The van der Waals surface area contributed by atoms with E-state index in [4.69, 9.17) is 9.16 Å². The lowest BCUT2D eigenvalue weighted by atomic mass is 10.2. The lowest BCUT2D eigenvalue weighted by Crippen LogP contribution is -2.44. The summed E-state index contributed by atoms with van der Waals surface area (Å²) in [6.45, 7) is 18.3. The number of rotatable bonds is 7. The molecule has 0 saturated carbocycles. The molecule has 7 heteroatoms. The van der Waals surface area contributed by atoms with Crippen molar-refractivity contribution in [2.75, 3.05) is 0 Å². The average molecular weight is 517 g/mol. The fourth-order valence-electron chi connectivity index (χ4n) is 1.99. The Morgan fingerprint density at radius 3 is 2.26 bits per heavy atom. The van der Waals surface area contributed by atoms with Gasteiger partial charge in [-0.15, -0.1) is 5.10 Å². The van der Waals surface area contributed by atoms with E-state index in [0.29, 0.717) is 0 Å². The zero-order valence-corrected chi connectivity index (χ0v) is 20.3. The van der Waals surface area contributed by atoms with Crippen LogP contribution < -0.4 is 4.74 Å². The van der Waals surface area contributed by atoms with Gasteiger partial charge in [0, 0.05) is 5.33 Å². The zero-order valence-electron chi connectivity index (χ0n) is 15.5. The summed E-state index contributed by atoms with van der Waals surface area (Å²) in [6, 6.07) is 0. The SMILES string of the molecule is CC(C)Oc1nn(C[C@H](C)O[Si](C)(C)C(C)(C)C)c(CBr)c1I. The molecule has 0 radical (unpaired) electrons. The molecule has 0 aliphatic heterocycles. The van der Waals surface area contributed by atoms with Gasteiger partial charge in [-0.1, -0.05) is 36.7 Å². The first kappa shape index (κ1) is 21.4. The molecule has 0 N–H and O–H groups in total. The maximum atomic E-state index is 6.46. The summed E-state index contributed by atoms with van der Waals surface area (Å²) in [5.41, 5.74) is 1.15. The third-order valence-electron chi connectivity index (χ3n) is 4.17. The molecule has 23 heavy (non-hydrogen) atoms. The van der Waals surface area contributed by atoms with Crippen LogP contribution in [0.4, 0.5) is 0 Å². The van der Waals surface area contributed by atoms with E-state index in [1.54, 1.807) is 0 Å². The number of nitrogens with zero attached hydrogens (tertiary/aromatic N) is 2. The number of alkyl halides is 1. The molecule has 4 nitrogen and oxygen atoms in total. The topological polar surface area (TPSA) is 36.3 Å². The van der Waals surface area contributed by atoms with Crippen LogP contribution in [-0.4, -0.2) is 30.3 Å². The Morgan fingerprint density at radius 2 is 1.83 bits per heavy atom. The van der Waals surface area contributed by atoms with Crippen LogP contribution in [0.25, 0.3) is 0 Å². The third-order valence-corrected chi connectivity index (χ3v) is 10.4. The summed E-state index contributed by atoms with van der Waals surface area (Å²) in [4.78, 5) is 0. The predicted molar refractivity (Wildman–Crippen MR) is 111 cm³/mol. The van der Waals surface area contributed by atoms with Crippen molar-refractivity contribution in [3.8, 4) is 5.88 Å². The van der Waals surface area contributed by atoms with Gasteiger partial charge in [-0.2, -0.15) is 0 Å². The summed E-state index contributed by atoms with van der Waals surface area (Å²) in [6.07, 6.45) is 0.243. The molecule has 0 aliphatic carbocycles. The summed E-state index contributed by atoms with van der Waals surface area (Å²) >= 11 is 5.88. The Balaban J connectivity index is 2.92. The standard InChI is InChI=1S/C16H30BrIN2O2Si/c1-11(2)21-15-14(18)13(9-17)20(19-15)10-12(3)22-23(7,8)16(4,5)6/h11-12H,9-10H2,1-8H3/t12-/m0/s1. The maximum Gasteiger partial charge on any atom is 0.246 e. The monoisotopic (exact) mass is 516 g/mol. The Bertz CT molecular complexity index is 527. The Morgan fingerprint density at radius 1 is 1.26 bits per heavy atom. The molecule has 1 aromatic rings. The molecule has 0 unspecified atom stereocenters. The minimum atomic E-state index is -1.77. The van der Waals surface area contributed by atoms with E-state index in [0.717, 1.165) is 27.0 Å². The van der Waals surface area contributed by atoms with Crippen molar-refractivity contribution < 1.29 is 9.16 Å². The van der Waals surface area contributed by atoms with Crippen molar-refractivity contribution in [3.05, 3.63) is 9.26 Å². The highest BCUT2D eigenvalue weighted by atomic mass is 127. The number of hydrogen-bond donors (Lipinski definition) is 0. The summed E-state index contributed by atoms with van der Waals surface area (Å²) < 4.78 is 15.4. The molecule has 1 atom stereocenters. The van der Waals surface area contributed by atoms with Crippen LogP contribution in [0.5, 0.6) is 5.88 Å². The molecular formula is C16H30BrIN2O2Si. The number of aromatic nitrogens is 2. The highest BCUT2D eigenvalue weighted by Gasteiger charge is 2.38. The number of halogens is 2. The number of ether oxygens (including phenoxy) is 1. The molecule has 0 fully saturated rings. The molecule has 134 valence electrons. The van der Waals surface area contributed by atoms with Crippen LogP contribution in [0.15, 0.2) is 0 Å². The van der Waals surface area contributed by atoms with Gasteiger partial charge < -0.3 is 9.16 Å². The van der Waals surface area contributed by atoms with Crippen molar-refractivity contribution in [3.63, 3.8) is 0 Å². The van der Waals surface area contributed by atoms with Crippen molar-refractivity contribution in [1.29, 1.82) is 0 Å². The smallest absolute Gasteiger partial charge is 0.246 e. The summed E-state index contributed by atoms with van der Waals surface area (Å²) in [5.74, 6) is 0.717. The van der Waals surface area contributed by atoms with Gasteiger partial charge in [0.25, 0.3) is 0 Å². The summed E-state index contributed by atoms with van der Waals surface area (Å²) in [7, 11) is -1.77. The fourth-order valence-corrected chi connectivity index (χ4v) is 5.22. The van der Waals surface area contributed by atoms with Crippen molar-refractivity contribution >= 4 is 46.8 Å². The lowest BCUT2D eigenvalue weighted by Gasteiger charge is -2.38.